The lowest BCUT2D eigenvalue weighted by Crippen LogP contribution is -2.11. The molecule has 0 amide bonds. The van der Waals surface area contributed by atoms with Gasteiger partial charge in [0.2, 0.25) is 0 Å². The number of ether oxygens (including phenoxy) is 1. The van der Waals surface area contributed by atoms with Crippen molar-refractivity contribution in [2.75, 3.05) is 7.11 Å². The van der Waals surface area contributed by atoms with Gasteiger partial charge in [-0.05, 0) is 87.3 Å². The summed E-state index contributed by atoms with van der Waals surface area (Å²) >= 11 is 0. The summed E-state index contributed by atoms with van der Waals surface area (Å²) < 4.78 is 5.74. The van der Waals surface area contributed by atoms with Crippen LogP contribution >= 0.6 is 0 Å². The number of allylic oxidation sites excluding steroid dienone is 3. The highest BCUT2D eigenvalue weighted by atomic mass is 16.5. The Morgan fingerprint density at radius 1 is 1.00 bits per heavy atom. The fraction of sp³-hybridized carbons (Fsp3) is 0.485. The third-order valence-corrected chi connectivity index (χ3v) is 5.96. The molecule has 1 atom stereocenters. The zero-order chi connectivity index (χ0) is 27.0. The number of methoxy groups -OCH3 is 1. The largest absolute Gasteiger partial charge is 0.496 e. The van der Waals surface area contributed by atoms with E-state index in [-0.39, 0.29) is 5.78 Å². The predicted molar refractivity (Wildman–Crippen MR) is 156 cm³/mol. The van der Waals surface area contributed by atoms with E-state index >= 15 is 0 Å². The molecule has 0 heterocycles. The van der Waals surface area contributed by atoms with E-state index in [2.05, 4.69) is 65.8 Å². The molecule has 194 valence electrons. The maximum Gasteiger partial charge on any atom is 0.189 e. The highest BCUT2D eigenvalue weighted by Crippen LogP contribution is 2.37. The van der Waals surface area contributed by atoms with Crippen LogP contribution in [0.3, 0.4) is 0 Å². The van der Waals surface area contributed by atoms with E-state index in [4.69, 9.17) is 4.74 Å². The molecule has 2 heteroatoms. The molecular weight excluding hydrogens is 428 g/mol. The number of carbonyl (C=O) groups is 1. The SMILES string of the molecule is CC.CC.CCCC(CC)c1cc(OC)c(C(=O)/C=C/c2ccc(C)cc2)c(C)c1CC=C(C)C. The van der Waals surface area contributed by atoms with Gasteiger partial charge in [0.25, 0.3) is 0 Å². The molecule has 1 unspecified atom stereocenters. The van der Waals surface area contributed by atoms with Gasteiger partial charge < -0.3 is 4.74 Å². The van der Waals surface area contributed by atoms with Crippen LogP contribution in [0.15, 0.2) is 48.1 Å². The summed E-state index contributed by atoms with van der Waals surface area (Å²) in [7, 11) is 1.66. The van der Waals surface area contributed by atoms with Crippen LogP contribution in [0, 0.1) is 13.8 Å². The van der Waals surface area contributed by atoms with E-state index in [1.165, 1.54) is 22.3 Å². The van der Waals surface area contributed by atoms with Crippen molar-refractivity contribution >= 4 is 11.9 Å². The van der Waals surface area contributed by atoms with E-state index in [1.807, 2.05) is 45.9 Å². The fourth-order valence-electron chi connectivity index (χ4n) is 4.12. The molecule has 2 aromatic rings. The van der Waals surface area contributed by atoms with Gasteiger partial charge >= 0.3 is 0 Å². The van der Waals surface area contributed by atoms with Gasteiger partial charge in [-0.2, -0.15) is 0 Å². The molecule has 2 rings (SSSR count). The summed E-state index contributed by atoms with van der Waals surface area (Å²) in [6.45, 7) is 20.9. The van der Waals surface area contributed by atoms with Crippen molar-refractivity contribution in [2.45, 2.75) is 101 Å². The summed E-state index contributed by atoms with van der Waals surface area (Å²) in [5, 5.41) is 0. The van der Waals surface area contributed by atoms with Gasteiger partial charge in [-0.3, -0.25) is 4.79 Å². The summed E-state index contributed by atoms with van der Waals surface area (Å²) in [6.07, 6.45) is 10.0. The van der Waals surface area contributed by atoms with E-state index in [0.717, 1.165) is 36.8 Å². The van der Waals surface area contributed by atoms with Gasteiger partial charge in [0.15, 0.2) is 5.78 Å². The fourth-order valence-corrected chi connectivity index (χ4v) is 4.12. The first-order chi connectivity index (χ1) is 16.8. The third kappa shape index (κ3) is 9.88. The standard InChI is InChI=1S/C29H38O2.2C2H6/c1-8-10-24(9-2)26-19-28(31-7)29(22(6)25(26)17-11-20(3)4)27(30)18-16-23-14-12-21(5)13-15-23;2*1-2/h11-16,18-19,24H,8-10,17H2,1-7H3;2*1-2H3/b18-16+;;. The van der Waals surface area contributed by atoms with Gasteiger partial charge in [-0.1, -0.05) is 95.5 Å². The Bertz CT molecular complexity index is 942. The van der Waals surface area contributed by atoms with Crippen molar-refractivity contribution in [3.63, 3.8) is 0 Å². The highest BCUT2D eigenvalue weighted by Gasteiger charge is 2.22. The molecule has 2 aromatic carbocycles. The van der Waals surface area contributed by atoms with Crippen LogP contribution in [0.2, 0.25) is 0 Å². The number of hydrogen-bond donors (Lipinski definition) is 0. The Labute approximate surface area is 216 Å². The molecule has 0 fully saturated rings. The lowest BCUT2D eigenvalue weighted by atomic mass is 9.82. The minimum atomic E-state index is -0.0107. The van der Waals surface area contributed by atoms with Crippen molar-refractivity contribution in [3.8, 4) is 5.75 Å². The molecule has 0 aliphatic rings. The number of hydrogen-bond acceptors (Lipinski definition) is 2. The van der Waals surface area contributed by atoms with Crippen molar-refractivity contribution in [2.24, 2.45) is 0 Å². The Hall–Kier alpha value is -2.61. The smallest absolute Gasteiger partial charge is 0.189 e. The molecule has 35 heavy (non-hydrogen) atoms. The van der Waals surface area contributed by atoms with Gasteiger partial charge in [-0.15, -0.1) is 0 Å². The Kier molecular flexibility index (Phi) is 16.4. The minimum absolute atomic E-state index is 0.0107. The second-order valence-electron chi connectivity index (χ2n) is 8.63. The summed E-state index contributed by atoms with van der Waals surface area (Å²) in [6, 6.07) is 10.3. The number of carbonyl (C=O) groups excluding carboxylic acids is 1. The van der Waals surface area contributed by atoms with Gasteiger partial charge in [0, 0.05) is 0 Å². The number of ketones is 1. The number of aryl methyl sites for hydroxylation is 1. The third-order valence-electron chi connectivity index (χ3n) is 5.96. The van der Waals surface area contributed by atoms with Crippen LogP contribution < -0.4 is 4.74 Å². The first-order valence-corrected chi connectivity index (χ1v) is 13.4. The molecule has 0 bridgehead atoms. The maximum atomic E-state index is 13.3. The maximum absolute atomic E-state index is 13.3. The molecule has 0 radical (unpaired) electrons. The van der Waals surface area contributed by atoms with Crippen molar-refractivity contribution < 1.29 is 9.53 Å². The first kappa shape index (κ1) is 32.4. The van der Waals surface area contributed by atoms with Crippen LogP contribution in [-0.2, 0) is 6.42 Å². The molecule has 0 saturated carbocycles. The van der Waals surface area contributed by atoms with Crippen LogP contribution in [0.5, 0.6) is 5.75 Å². The zero-order valence-corrected chi connectivity index (χ0v) is 24.3. The second kappa shape index (κ2) is 17.8. The quantitative estimate of drug-likeness (QED) is 0.193. The zero-order valence-electron chi connectivity index (χ0n) is 24.3. The van der Waals surface area contributed by atoms with Crippen LogP contribution in [-0.4, -0.2) is 12.9 Å². The van der Waals surface area contributed by atoms with E-state index in [0.29, 0.717) is 17.2 Å². The lowest BCUT2D eigenvalue weighted by molar-refractivity contribution is 0.104. The van der Waals surface area contributed by atoms with Crippen LogP contribution in [0.4, 0.5) is 0 Å². The Morgan fingerprint density at radius 2 is 1.60 bits per heavy atom. The summed E-state index contributed by atoms with van der Waals surface area (Å²) in [4.78, 5) is 13.3. The van der Waals surface area contributed by atoms with Gasteiger partial charge in [-0.25, -0.2) is 0 Å². The predicted octanol–water partition coefficient (Wildman–Crippen LogP) is 10.1. The summed E-state index contributed by atoms with van der Waals surface area (Å²) in [5.74, 6) is 1.15. The lowest BCUT2D eigenvalue weighted by Gasteiger charge is -2.23. The normalized spacial score (nSPS) is 11.1. The van der Waals surface area contributed by atoms with Crippen molar-refractivity contribution in [1.82, 2.24) is 0 Å². The molecule has 0 aliphatic heterocycles. The molecule has 0 N–H and O–H groups in total. The Balaban J connectivity index is 0.00000274. The van der Waals surface area contributed by atoms with Crippen molar-refractivity contribution in [1.29, 1.82) is 0 Å². The van der Waals surface area contributed by atoms with E-state index in [9.17, 15) is 4.79 Å². The van der Waals surface area contributed by atoms with E-state index < -0.39 is 0 Å². The number of benzene rings is 2. The topological polar surface area (TPSA) is 26.3 Å². The average molecular weight is 479 g/mol. The summed E-state index contributed by atoms with van der Waals surface area (Å²) in [5.41, 5.74) is 7.84. The molecule has 0 spiro atoms. The molecule has 2 nitrogen and oxygen atoms in total. The number of rotatable bonds is 10. The average Bonchev–Trinajstić information content (AvgIpc) is 2.87. The molecule has 0 aliphatic carbocycles. The molecular formula is C33H50O2. The van der Waals surface area contributed by atoms with E-state index in [1.54, 1.807) is 13.2 Å². The van der Waals surface area contributed by atoms with Crippen LogP contribution in [0.25, 0.3) is 6.08 Å². The van der Waals surface area contributed by atoms with Gasteiger partial charge in [0.05, 0.1) is 12.7 Å². The first-order valence-electron chi connectivity index (χ1n) is 13.4. The second-order valence-corrected chi connectivity index (χ2v) is 8.63. The highest BCUT2D eigenvalue weighted by molar-refractivity contribution is 6.10. The monoisotopic (exact) mass is 478 g/mol. The van der Waals surface area contributed by atoms with Crippen molar-refractivity contribution in [3.05, 3.63) is 81.4 Å². The molecule has 0 saturated heterocycles. The van der Waals surface area contributed by atoms with Gasteiger partial charge in [0.1, 0.15) is 5.75 Å². The molecule has 0 aromatic heterocycles. The van der Waals surface area contributed by atoms with Crippen LogP contribution in [0.1, 0.15) is 119 Å². The minimum Gasteiger partial charge on any atom is -0.496 e. The Morgan fingerprint density at radius 3 is 2.09 bits per heavy atom.